The third-order valence-corrected chi connectivity index (χ3v) is 2.80. The van der Waals surface area contributed by atoms with E-state index in [1.54, 1.807) is 7.05 Å². The topological polar surface area (TPSA) is 49.0 Å². The zero-order chi connectivity index (χ0) is 12.3. The van der Waals surface area contributed by atoms with E-state index >= 15 is 0 Å². The summed E-state index contributed by atoms with van der Waals surface area (Å²) in [6, 6.07) is 7.54. The van der Waals surface area contributed by atoms with E-state index < -0.39 is 0 Å². The van der Waals surface area contributed by atoms with Crippen LogP contribution in [0.1, 0.15) is 0 Å². The number of aromatic nitrogens is 3. The minimum atomic E-state index is -0.135. The Bertz CT molecular complexity index is 545. The lowest BCUT2D eigenvalue weighted by Crippen LogP contribution is -2.25. The quantitative estimate of drug-likeness (QED) is 0.858. The summed E-state index contributed by atoms with van der Waals surface area (Å²) in [6.45, 7) is 0.855. The van der Waals surface area contributed by atoms with E-state index in [-0.39, 0.29) is 5.69 Å². The van der Waals surface area contributed by atoms with Gasteiger partial charge in [-0.05, 0) is 24.3 Å². The van der Waals surface area contributed by atoms with E-state index in [4.69, 9.17) is 4.74 Å². The molecule has 0 atom stereocenters. The molecule has 6 heteroatoms. The van der Waals surface area contributed by atoms with E-state index in [0.29, 0.717) is 13.2 Å². The fraction of sp³-hybridized carbons (Fsp3) is 0.273. The predicted molar refractivity (Wildman–Crippen MR) is 67.1 cm³/mol. The van der Waals surface area contributed by atoms with Crippen LogP contribution in [0.5, 0.6) is 5.75 Å². The van der Waals surface area contributed by atoms with Crippen LogP contribution in [-0.4, -0.2) is 21.0 Å². The molecule has 0 saturated heterocycles. The molecule has 0 radical (unpaired) electrons. The van der Waals surface area contributed by atoms with E-state index in [0.717, 1.165) is 10.2 Å². The molecule has 1 aromatic heterocycles. The number of rotatable bonds is 4. The first-order chi connectivity index (χ1) is 8.16. The molecule has 0 saturated carbocycles. The van der Waals surface area contributed by atoms with Gasteiger partial charge in [-0.1, -0.05) is 15.9 Å². The summed E-state index contributed by atoms with van der Waals surface area (Å²) in [6.07, 6.45) is 1.49. The van der Waals surface area contributed by atoms with Gasteiger partial charge in [-0.15, -0.1) is 0 Å². The van der Waals surface area contributed by atoms with Crippen molar-refractivity contribution in [2.24, 2.45) is 7.05 Å². The molecule has 1 aromatic carbocycles. The van der Waals surface area contributed by atoms with Crippen LogP contribution in [0.15, 0.2) is 39.9 Å². The van der Waals surface area contributed by atoms with Crippen LogP contribution < -0.4 is 10.4 Å². The van der Waals surface area contributed by atoms with Gasteiger partial charge in [-0.2, -0.15) is 5.10 Å². The molecule has 0 bridgehead atoms. The summed E-state index contributed by atoms with van der Waals surface area (Å²) >= 11 is 3.35. The van der Waals surface area contributed by atoms with Gasteiger partial charge in [0.05, 0.1) is 6.54 Å². The molecule has 0 unspecified atom stereocenters. The van der Waals surface area contributed by atoms with Crippen LogP contribution in [0.25, 0.3) is 0 Å². The summed E-state index contributed by atoms with van der Waals surface area (Å²) in [5.74, 6) is 0.775. The average molecular weight is 298 g/mol. The van der Waals surface area contributed by atoms with E-state index in [1.807, 2.05) is 24.3 Å². The molecule has 0 amide bonds. The second-order valence-corrected chi connectivity index (χ2v) is 4.47. The lowest BCUT2D eigenvalue weighted by molar-refractivity contribution is 0.288. The largest absolute Gasteiger partial charge is 0.492 e. The SMILES string of the molecule is Cn1cnn(CCOc2ccc(Br)cc2)c1=O. The van der Waals surface area contributed by atoms with Crippen molar-refractivity contribution in [3.05, 3.63) is 45.5 Å². The highest BCUT2D eigenvalue weighted by Gasteiger charge is 2.01. The highest BCUT2D eigenvalue weighted by Crippen LogP contribution is 2.15. The smallest absolute Gasteiger partial charge is 0.345 e. The summed E-state index contributed by atoms with van der Waals surface area (Å²) in [5.41, 5.74) is -0.135. The maximum atomic E-state index is 11.5. The molecule has 90 valence electrons. The molecular formula is C11H12BrN3O2. The van der Waals surface area contributed by atoms with Crippen molar-refractivity contribution in [2.75, 3.05) is 6.61 Å². The number of benzene rings is 1. The van der Waals surface area contributed by atoms with E-state index in [1.165, 1.54) is 15.6 Å². The van der Waals surface area contributed by atoms with Crippen LogP contribution >= 0.6 is 15.9 Å². The minimum Gasteiger partial charge on any atom is -0.492 e. The molecule has 0 aliphatic carbocycles. The van der Waals surface area contributed by atoms with Crippen LogP contribution in [-0.2, 0) is 13.6 Å². The van der Waals surface area contributed by atoms with Crippen molar-refractivity contribution in [3.63, 3.8) is 0 Å². The fourth-order valence-electron chi connectivity index (χ4n) is 1.35. The first-order valence-corrected chi connectivity index (χ1v) is 5.93. The summed E-state index contributed by atoms with van der Waals surface area (Å²) in [5, 5.41) is 3.94. The number of hydrogen-bond donors (Lipinski definition) is 0. The summed E-state index contributed by atoms with van der Waals surface area (Å²) < 4.78 is 9.31. The second kappa shape index (κ2) is 5.18. The van der Waals surface area contributed by atoms with Gasteiger partial charge in [0.25, 0.3) is 0 Å². The Balaban J connectivity index is 1.90. The lowest BCUT2D eigenvalue weighted by atomic mass is 10.3. The van der Waals surface area contributed by atoms with Gasteiger partial charge in [-0.25, -0.2) is 9.48 Å². The normalized spacial score (nSPS) is 10.5. The monoisotopic (exact) mass is 297 g/mol. The molecule has 0 fully saturated rings. The van der Waals surface area contributed by atoms with E-state index in [2.05, 4.69) is 21.0 Å². The summed E-state index contributed by atoms with van der Waals surface area (Å²) in [4.78, 5) is 11.5. The first-order valence-electron chi connectivity index (χ1n) is 5.13. The predicted octanol–water partition coefficient (Wildman–Crippen LogP) is 1.42. The first kappa shape index (κ1) is 11.9. The molecule has 0 aliphatic rings. The highest BCUT2D eigenvalue weighted by atomic mass is 79.9. The Kier molecular flexibility index (Phi) is 3.63. The van der Waals surface area contributed by atoms with Crippen molar-refractivity contribution in [1.29, 1.82) is 0 Å². The molecule has 2 rings (SSSR count). The average Bonchev–Trinajstić information content (AvgIpc) is 2.64. The Morgan fingerprint density at radius 2 is 2.06 bits per heavy atom. The van der Waals surface area contributed by atoms with Crippen molar-refractivity contribution in [3.8, 4) is 5.75 Å². The number of nitrogens with zero attached hydrogens (tertiary/aromatic N) is 3. The van der Waals surface area contributed by atoms with Crippen LogP contribution in [0.2, 0.25) is 0 Å². The van der Waals surface area contributed by atoms with E-state index in [9.17, 15) is 4.79 Å². The van der Waals surface area contributed by atoms with Crippen LogP contribution in [0.4, 0.5) is 0 Å². The molecular weight excluding hydrogens is 286 g/mol. The Labute approximate surface area is 107 Å². The van der Waals surface area contributed by atoms with Crippen molar-refractivity contribution >= 4 is 15.9 Å². The van der Waals surface area contributed by atoms with Crippen LogP contribution in [0.3, 0.4) is 0 Å². The minimum absolute atomic E-state index is 0.135. The van der Waals surface area contributed by atoms with Gasteiger partial charge in [0.15, 0.2) is 0 Å². The number of ether oxygens (including phenoxy) is 1. The molecule has 1 heterocycles. The molecule has 17 heavy (non-hydrogen) atoms. The zero-order valence-corrected chi connectivity index (χ0v) is 10.9. The standard InChI is InChI=1S/C11H12BrN3O2/c1-14-8-13-15(11(14)16)6-7-17-10-4-2-9(12)3-5-10/h2-5,8H,6-7H2,1H3. The number of halogens is 1. The molecule has 5 nitrogen and oxygen atoms in total. The summed E-state index contributed by atoms with van der Waals surface area (Å²) in [7, 11) is 1.67. The molecule has 0 spiro atoms. The van der Waals surface area contributed by atoms with Gasteiger partial charge < -0.3 is 4.74 Å². The third-order valence-electron chi connectivity index (χ3n) is 2.27. The van der Waals surface area contributed by atoms with Crippen molar-refractivity contribution < 1.29 is 4.74 Å². The van der Waals surface area contributed by atoms with Crippen molar-refractivity contribution in [2.45, 2.75) is 6.54 Å². The third kappa shape index (κ3) is 2.97. The second-order valence-electron chi connectivity index (χ2n) is 3.55. The Morgan fingerprint density at radius 1 is 1.35 bits per heavy atom. The highest BCUT2D eigenvalue weighted by molar-refractivity contribution is 9.10. The molecule has 2 aromatic rings. The van der Waals surface area contributed by atoms with Gasteiger partial charge in [0, 0.05) is 11.5 Å². The maximum absolute atomic E-state index is 11.5. The van der Waals surface area contributed by atoms with Gasteiger partial charge in [-0.3, -0.25) is 4.57 Å². The van der Waals surface area contributed by atoms with Gasteiger partial charge in [0.1, 0.15) is 18.7 Å². The molecule has 0 N–H and O–H groups in total. The fourth-order valence-corrected chi connectivity index (χ4v) is 1.62. The van der Waals surface area contributed by atoms with Crippen molar-refractivity contribution in [1.82, 2.24) is 14.3 Å². The van der Waals surface area contributed by atoms with Gasteiger partial charge in [0.2, 0.25) is 0 Å². The maximum Gasteiger partial charge on any atom is 0.345 e. The van der Waals surface area contributed by atoms with Crippen LogP contribution in [0, 0.1) is 0 Å². The lowest BCUT2D eigenvalue weighted by Gasteiger charge is -2.05. The Morgan fingerprint density at radius 3 is 2.65 bits per heavy atom. The number of aryl methyl sites for hydroxylation is 1. The zero-order valence-electron chi connectivity index (χ0n) is 9.34. The number of hydrogen-bond acceptors (Lipinski definition) is 3. The molecule has 0 aliphatic heterocycles. The van der Waals surface area contributed by atoms with Gasteiger partial charge >= 0.3 is 5.69 Å². The Hall–Kier alpha value is -1.56.